The molecule has 10 aromatic carbocycles. The largest absolute Gasteiger partial charge is 0.506 e. The molecule has 8 heteroatoms. The second kappa shape index (κ2) is 12.8. The zero-order valence-electron chi connectivity index (χ0n) is 31.5. The van der Waals surface area contributed by atoms with E-state index >= 15 is 0 Å². The van der Waals surface area contributed by atoms with Crippen LogP contribution in [0.1, 0.15) is 0 Å². The molecule has 0 fully saturated rings. The van der Waals surface area contributed by atoms with Gasteiger partial charge in [-0.25, -0.2) is 0 Å². The van der Waals surface area contributed by atoms with E-state index in [1.165, 1.54) is 0 Å². The van der Waals surface area contributed by atoms with Gasteiger partial charge in [0.05, 0.1) is 5.56 Å². The molecule has 1 heterocycles. The van der Waals surface area contributed by atoms with E-state index in [1.807, 2.05) is 84.9 Å². The van der Waals surface area contributed by atoms with Crippen LogP contribution in [0.5, 0.6) is 40.2 Å². The van der Waals surface area contributed by atoms with Crippen molar-refractivity contribution in [2.45, 2.75) is 0 Å². The summed E-state index contributed by atoms with van der Waals surface area (Å²) in [5.74, 6) is -5.22. The van der Waals surface area contributed by atoms with Gasteiger partial charge < -0.3 is 40.2 Å². The van der Waals surface area contributed by atoms with Gasteiger partial charge in [0.25, 0.3) is 0 Å². The number of benzene rings is 10. The predicted molar refractivity (Wildman–Crippen MR) is 237 cm³/mol. The Morgan fingerprint density at radius 3 is 1.40 bits per heavy atom. The maximum atomic E-state index is 12.5. The lowest BCUT2D eigenvalue weighted by Gasteiger charge is -2.23. The molecule has 1 aromatic heterocycles. The molecule has 11 rings (SSSR count). The molecule has 0 bridgehead atoms. The first-order valence-corrected chi connectivity index (χ1v) is 19.2. The Bertz CT molecular complexity index is 3610. The zero-order chi connectivity index (χ0) is 41.0. The van der Waals surface area contributed by atoms with E-state index in [4.69, 9.17) is 4.42 Å². The van der Waals surface area contributed by atoms with Crippen molar-refractivity contribution in [2.75, 3.05) is 0 Å². The van der Waals surface area contributed by atoms with Crippen LogP contribution in [0.3, 0.4) is 0 Å². The molecule has 0 saturated carbocycles. The molecule has 0 amide bonds. The lowest BCUT2D eigenvalue weighted by Crippen LogP contribution is -1.96. The lowest BCUT2D eigenvalue weighted by atomic mass is 9.82. The summed E-state index contributed by atoms with van der Waals surface area (Å²) in [5.41, 5.74) is 4.27. The third-order valence-corrected chi connectivity index (χ3v) is 11.8. The van der Waals surface area contributed by atoms with Crippen molar-refractivity contribution >= 4 is 65.0 Å². The molecule has 60 heavy (non-hydrogen) atoms. The molecule has 11 aromatic rings. The van der Waals surface area contributed by atoms with E-state index in [1.54, 1.807) is 60.7 Å². The Morgan fingerprint density at radius 2 is 0.733 bits per heavy atom. The van der Waals surface area contributed by atoms with Crippen LogP contribution in [-0.2, 0) is 0 Å². The molecular formula is C52H32O8. The molecule has 0 atom stereocenters. The molecule has 0 saturated heterocycles. The minimum absolute atomic E-state index is 0.00745. The monoisotopic (exact) mass is 784 g/mol. The highest BCUT2D eigenvalue weighted by molar-refractivity contribution is 6.30. The topological polar surface area (TPSA) is 155 Å². The van der Waals surface area contributed by atoms with E-state index in [0.29, 0.717) is 33.2 Å². The van der Waals surface area contributed by atoms with Crippen LogP contribution in [0.15, 0.2) is 156 Å². The quantitative estimate of drug-likeness (QED) is 0.0528. The maximum absolute atomic E-state index is 12.5. The summed E-state index contributed by atoms with van der Waals surface area (Å²) in [5, 5.41) is 88.1. The van der Waals surface area contributed by atoms with Crippen LogP contribution < -0.4 is 0 Å². The summed E-state index contributed by atoms with van der Waals surface area (Å²) in [4.78, 5) is 0. The third kappa shape index (κ3) is 4.98. The van der Waals surface area contributed by atoms with E-state index in [0.717, 1.165) is 38.1 Å². The van der Waals surface area contributed by atoms with Crippen molar-refractivity contribution in [3.63, 3.8) is 0 Å². The highest BCUT2D eigenvalue weighted by atomic mass is 16.3. The van der Waals surface area contributed by atoms with Gasteiger partial charge in [-0.15, -0.1) is 0 Å². The number of aromatic hydroxyl groups is 7. The number of hydrogen-bond acceptors (Lipinski definition) is 8. The van der Waals surface area contributed by atoms with Gasteiger partial charge in [-0.3, -0.25) is 0 Å². The fraction of sp³-hybridized carbons (Fsp3) is 0. The van der Waals surface area contributed by atoms with Gasteiger partial charge in [0.1, 0.15) is 16.9 Å². The SMILES string of the molecule is Oc1c(O)c(O)c2c(-c3ccc(-c4ccc5ccccc5c4)cc3)c3c(O)c(-c4ccccc4)c(O)c(O)c3c(-c3ccc4oc5cc6ccccc6cc5c4c3)c2c1O. The molecule has 0 radical (unpaired) electrons. The van der Waals surface area contributed by atoms with Gasteiger partial charge >= 0.3 is 0 Å². The average Bonchev–Trinajstić information content (AvgIpc) is 3.64. The Labute approximate surface area is 340 Å². The van der Waals surface area contributed by atoms with Crippen LogP contribution >= 0.6 is 0 Å². The fourth-order valence-corrected chi connectivity index (χ4v) is 8.90. The minimum atomic E-state index is -0.992. The van der Waals surface area contributed by atoms with Gasteiger partial charge in [0.15, 0.2) is 23.0 Å². The first-order valence-electron chi connectivity index (χ1n) is 19.2. The van der Waals surface area contributed by atoms with E-state index in [-0.39, 0.29) is 38.2 Å². The van der Waals surface area contributed by atoms with Crippen molar-refractivity contribution in [1.82, 2.24) is 0 Å². The summed E-state index contributed by atoms with van der Waals surface area (Å²) in [6.45, 7) is 0. The van der Waals surface area contributed by atoms with Crippen LogP contribution in [-0.4, -0.2) is 35.7 Å². The zero-order valence-corrected chi connectivity index (χ0v) is 31.5. The number of phenolic OH excluding ortho intramolecular Hbond substituents is 7. The number of furan rings is 1. The molecule has 0 aliphatic heterocycles. The molecule has 7 N–H and O–H groups in total. The molecule has 288 valence electrons. The lowest BCUT2D eigenvalue weighted by molar-refractivity contribution is 0.351. The standard InChI is InChI=1S/C52H32O8/c53-46-41(28-9-2-1-3-10-28)47(54)48(55)44-40(34-20-21-37-35(24-34)36-23-31-12-6-7-13-32(31)25-38(36)60-37)45-43(49(56)51(58)52(59)50(45)57)39(42(44)46)29-17-14-27(15-18-29)33-19-16-26-8-4-5-11-30(26)22-33/h1-25,53-59H. The number of rotatable bonds is 4. The smallest absolute Gasteiger partial charge is 0.204 e. The van der Waals surface area contributed by atoms with E-state index in [9.17, 15) is 35.7 Å². The summed E-state index contributed by atoms with van der Waals surface area (Å²) in [6, 6.07) is 47.1. The number of fused-ring (bicyclic) bond motifs is 7. The highest BCUT2D eigenvalue weighted by Crippen LogP contribution is 2.62. The second-order valence-corrected chi connectivity index (χ2v) is 15.1. The van der Waals surface area contributed by atoms with Crippen LogP contribution in [0, 0.1) is 0 Å². The fourth-order valence-electron chi connectivity index (χ4n) is 8.90. The first-order chi connectivity index (χ1) is 29.2. The van der Waals surface area contributed by atoms with E-state index in [2.05, 4.69) is 6.07 Å². The molecule has 0 aliphatic carbocycles. The Balaban J connectivity index is 1.28. The van der Waals surface area contributed by atoms with Crippen LogP contribution in [0.2, 0.25) is 0 Å². The van der Waals surface area contributed by atoms with Crippen LogP contribution in [0.25, 0.3) is 110 Å². The van der Waals surface area contributed by atoms with Gasteiger partial charge in [-0.05, 0) is 79.7 Å². The summed E-state index contributed by atoms with van der Waals surface area (Å²) < 4.78 is 6.28. The molecule has 0 aliphatic rings. The Morgan fingerprint density at radius 1 is 0.267 bits per heavy atom. The number of hydrogen-bond donors (Lipinski definition) is 7. The van der Waals surface area contributed by atoms with Gasteiger partial charge in [-0.2, -0.15) is 0 Å². The highest BCUT2D eigenvalue weighted by Gasteiger charge is 2.33. The van der Waals surface area contributed by atoms with Gasteiger partial charge in [-0.1, -0.05) is 121 Å². The summed E-state index contributed by atoms with van der Waals surface area (Å²) in [6.07, 6.45) is 0. The Hall–Kier alpha value is -8.36. The molecule has 0 spiro atoms. The van der Waals surface area contributed by atoms with Crippen molar-refractivity contribution in [1.29, 1.82) is 0 Å². The van der Waals surface area contributed by atoms with Crippen molar-refractivity contribution < 1.29 is 40.2 Å². The van der Waals surface area contributed by atoms with Gasteiger partial charge in [0, 0.05) is 43.4 Å². The van der Waals surface area contributed by atoms with Gasteiger partial charge in [0.2, 0.25) is 11.5 Å². The summed E-state index contributed by atoms with van der Waals surface area (Å²) >= 11 is 0. The molecular weight excluding hydrogens is 753 g/mol. The first kappa shape index (κ1) is 34.9. The van der Waals surface area contributed by atoms with Crippen molar-refractivity contribution in [3.8, 4) is 84.8 Å². The van der Waals surface area contributed by atoms with Crippen molar-refractivity contribution in [2.24, 2.45) is 0 Å². The Kier molecular flexibility index (Phi) is 7.45. The summed E-state index contributed by atoms with van der Waals surface area (Å²) in [7, 11) is 0. The molecule has 0 unspecified atom stereocenters. The minimum Gasteiger partial charge on any atom is -0.506 e. The van der Waals surface area contributed by atoms with Crippen molar-refractivity contribution in [3.05, 3.63) is 152 Å². The average molecular weight is 785 g/mol. The maximum Gasteiger partial charge on any atom is 0.204 e. The van der Waals surface area contributed by atoms with E-state index < -0.39 is 40.2 Å². The number of phenols is 7. The normalized spacial score (nSPS) is 11.8. The molecule has 8 nitrogen and oxygen atoms in total. The second-order valence-electron chi connectivity index (χ2n) is 15.1. The predicted octanol–water partition coefficient (Wildman–Crippen LogP) is 12.8. The van der Waals surface area contributed by atoms with Crippen LogP contribution in [0.4, 0.5) is 0 Å². The third-order valence-electron chi connectivity index (χ3n) is 11.8.